The maximum atomic E-state index is 10.7. The molecule has 0 atom stereocenters. The van der Waals surface area contributed by atoms with E-state index >= 15 is 0 Å². The summed E-state index contributed by atoms with van der Waals surface area (Å²) in [7, 11) is 0. The van der Waals surface area contributed by atoms with Gasteiger partial charge in [0.15, 0.2) is 0 Å². The fraction of sp³-hybridized carbons (Fsp3) is 0.385. The van der Waals surface area contributed by atoms with Crippen molar-refractivity contribution in [3.05, 3.63) is 59.6 Å². The first kappa shape index (κ1) is 23.9. The van der Waals surface area contributed by atoms with Crippen molar-refractivity contribution in [2.24, 2.45) is 11.8 Å². The molecule has 4 rings (SSSR count). The number of aromatic nitrogens is 2. The van der Waals surface area contributed by atoms with E-state index in [2.05, 4.69) is 29.1 Å². The van der Waals surface area contributed by atoms with Crippen LogP contribution in [0.15, 0.2) is 59.6 Å². The van der Waals surface area contributed by atoms with E-state index in [1.165, 1.54) is 0 Å². The lowest BCUT2D eigenvalue weighted by Crippen LogP contribution is -2.23. The van der Waals surface area contributed by atoms with Gasteiger partial charge >= 0.3 is 5.97 Å². The van der Waals surface area contributed by atoms with Crippen molar-refractivity contribution in [1.29, 1.82) is 0 Å². The third kappa shape index (κ3) is 5.99. The Morgan fingerprint density at radius 2 is 1.79 bits per heavy atom. The normalized spacial score (nSPS) is 18.4. The van der Waals surface area contributed by atoms with Crippen LogP contribution >= 0.6 is 23.4 Å². The van der Waals surface area contributed by atoms with Crippen molar-refractivity contribution in [2.75, 3.05) is 19.5 Å². The number of aliphatic carboxylic acids is 1. The van der Waals surface area contributed by atoms with Gasteiger partial charge in [-0.05, 0) is 61.5 Å². The van der Waals surface area contributed by atoms with Gasteiger partial charge in [0, 0.05) is 22.7 Å². The molecule has 0 aliphatic heterocycles. The highest BCUT2D eigenvalue weighted by Gasteiger charge is 2.26. The van der Waals surface area contributed by atoms with Gasteiger partial charge in [-0.25, -0.2) is 4.79 Å². The number of carboxylic acids is 1. The average molecular weight is 485 g/mol. The zero-order chi connectivity index (χ0) is 23.2. The number of carboxylic acid groups (broad SMARTS) is 1. The SMILES string of the molecule is CSc1c(-c2cccc(Cl)c2)c(-c2ccccc2)nn1C[C@H]1CC[C@@H](COCC(=O)O)CC1. The summed E-state index contributed by atoms with van der Waals surface area (Å²) in [5.74, 6) is 0.0826. The van der Waals surface area contributed by atoms with Gasteiger partial charge in [0.1, 0.15) is 17.3 Å². The number of hydrogen-bond acceptors (Lipinski definition) is 4. The summed E-state index contributed by atoms with van der Waals surface area (Å²) in [5, 5.41) is 15.7. The van der Waals surface area contributed by atoms with Gasteiger partial charge in [0.25, 0.3) is 0 Å². The number of benzene rings is 2. The molecule has 1 aromatic heterocycles. The topological polar surface area (TPSA) is 64.4 Å². The highest BCUT2D eigenvalue weighted by atomic mass is 35.5. The summed E-state index contributed by atoms with van der Waals surface area (Å²) >= 11 is 8.06. The van der Waals surface area contributed by atoms with E-state index in [0.717, 1.165) is 64.7 Å². The van der Waals surface area contributed by atoms with Crippen LogP contribution in [0.1, 0.15) is 25.7 Å². The minimum atomic E-state index is -0.906. The van der Waals surface area contributed by atoms with Crippen LogP contribution in [0.2, 0.25) is 5.02 Å². The smallest absolute Gasteiger partial charge is 0.329 e. The van der Waals surface area contributed by atoms with Gasteiger partial charge in [-0.1, -0.05) is 54.1 Å². The van der Waals surface area contributed by atoms with E-state index in [0.29, 0.717) is 18.4 Å². The number of carbonyl (C=O) groups is 1. The minimum Gasteiger partial charge on any atom is -0.480 e. The van der Waals surface area contributed by atoms with E-state index in [1.54, 1.807) is 11.8 Å². The molecule has 2 aromatic carbocycles. The Morgan fingerprint density at radius 3 is 2.45 bits per heavy atom. The van der Waals surface area contributed by atoms with Crippen LogP contribution in [-0.4, -0.2) is 40.3 Å². The maximum absolute atomic E-state index is 10.7. The molecule has 1 heterocycles. The average Bonchev–Trinajstić information content (AvgIpc) is 3.18. The van der Waals surface area contributed by atoms with Crippen molar-refractivity contribution < 1.29 is 14.6 Å². The van der Waals surface area contributed by atoms with Crippen LogP contribution in [0, 0.1) is 11.8 Å². The molecule has 7 heteroatoms. The second kappa shape index (κ2) is 11.2. The molecule has 174 valence electrons. The van der Waals surface area contributed by atoms with Crippen LogP contribution in [0.3, 0.4) is 0 Å². The number of hydrogen-bond donors (Lipinski definition) is 1. The first-order chi connectivity index (χ1) is 16.0. The number of ether oxygens (including phenoxy) is 1. The van der Waals surface area contributed by atoms with Crippen LogP contribution in [0.25, 0.3) is 22.4 Å². The minimum absolute atomic E-state index is 0.209. The largest absolute Gasteiger partial charge is 0.480 e. The zero-order valence-corrected chi connectivity index (χ0v) is 20.3. The van der Waals surface area contributed by atoms with Crippen LogP contribution < -0.4 is 0 Å². The van der Waals surface area contributed by atoms with E-state index in [1.807, 2.05) is 36.4 Å². The van der Waals surface area contributed by atoms with Gasteiger partial charge in [-0.15, -0.1) is 11.8 Å². The molecular weight excluding hydrogens is 456 g/mol. The van der Waals surface area contributed by atoms with E-state index in [-0.39, 0.29) is 6.61 Å². The van der Waals surface area contributed by atoms with E-state index in [9.17, 15) is 4.79 Å². The van der Waals surface area contributed by atoms with Gasteiger partial charge in [0.05, 0.1) is 6.61 Å². The van der Waals surface area contributed by atoms with Crippen molar-refractivity contribution in [3.63, 3.8) is 0 Å². The zero-order valence-electron chi connectivity index (χ0n) is 18.7. The van der Waals surface area contributed by atoms with Crippen molar-refractivity contribution in [1.82, 2.24) is 9.78 Å². The Labute approximate surface area is 204 Å². The molecule has 1 aliphatic carbocycles. The van der Waals surface area contributed by atoms with E-state index < -0.39 is 5.97 Å². The fourth-order valence-corrected chi connectivity index (χ4v) is 5.55. The third-order valence-corrected chi connectivity index (χ3v) is 7.27. The van der Waals surface area contributed by atoms with Gasteiger partial charge in [0.2, 0.25) is 0 Å². The molecule has 1 N–H and O–H groups in total. The van der Waals surface area contributed by atoms with E-state index in [4.69, 9.17) is 26.5 Å². The number of rotatable bonds is 9. The van der Waals surface area contributed by atoms with Gasteiger partial charge in [-0.3, -0.25) is 4.68 Å². The molecule has 0 spiro atoms. The highest BCUT2D eigenvalue weighted by molar-refractivity contribution is 7.98. The first-order valence-electron chi connectivity index (χ1n) is 11.3. The Bertz CT molecular complexity index is 1080. The summed E-state index contributed by atoms with van der Waals surface area (Å²) in [6.45, 7) is 1.20. The van der Waals surface area contributed by atoms with Gasteiger partial charge in [-0.2, -0.15) is 5.10 Å². The second-order valence-corrected chi connectivity index (χ2v) is 9.82. The molecule has 1 aliphatic rings. The molecule has 3 aromatic rings. The maximum Gasteiger partial charge on any atom is 0.329 e. The summed E-state index contributed by atoms with van der Waals surface area (Å²) in [5.41, 5.74) is 4.29. The molecule has 5 nitrogen and oxygen atoms in total. The highest BCUT2D eigenvalue weighted by Crippen LogP contribution is 2.40. The Balaban J connectivity index is 1.56. The lowest BCUT2D eigenvalue weighted by Gasteiger charge is -2.28. The predicted molar refractivity (Wildman–Crippen MR) is 134 cm³/mol. The summed E-state index contributed by atoms with van der Waals surface area (Å²) in [6, 6.07) is 18.3. The molecule has 0 amide bonds. The van der Waals surface area contributed by atoms with Crippen molar-refractivity contribution in [3.8, 4) is 22.4 Å². The molecule has 0 bridgehead atoms. The standard InChI is InChI=1S/C26H29ClN2O3S/c1-33-26-24(21-8-5-9-22(27)14-21)25(20-6-3-2-4-7-20)28-29(26)15-18-10-12-19(13-11-18)16-32-17-23(30)31/h2-9,14,18-19H,10-13,15-17H2,1H3,(H,30,31)/t18-,19+. The lowest BCUT2D eigenvalue weighted by molar-refractivity contribution is -0.142. The van der Waals surface area contributed by atoms with Crippen LogP contribution in [0.5, 0.6) is 0 Å². The lowest BCUT2D eigenvalue weighted by atomic mass is 9.82. The molecule has 0 unspecified atom stereocenters. The molecular formula is C26H29ClN2O3S. The molecule has 1 fully saturated rings. The summed E-state index contributed by atoms with van der Waals surface area (Å²) < 4.78 is 7.50. The monoisotopic (exact) mass is 484 g/mol. The Morgan fingerprint density at radius 1 is 1.09 bits per heavy atom. The second-order valence-electron chi connectivity index (χ2n) is 8.59. The quantitative estimate of drug-likeness (QED) is 0.351. The fourth-order valence-electron chi connectivity index (χ4n) is 4.62. The summed E-state index contributed by atoms with van der Waals surface area (Å²) in [4.78, 5) is 10.7. The van der Waals surface area contributed by atoms with Crippen LogP contribution in [-0.2, 0) is 16.1 Å². The molecule has 0 radical (unpaired) electrons. The van der Waals surface area contributed by atoms with Crippen molar-refractivity contribution in [2.45, 2.75) is 37.3 Å². The van der Waals surface area contributed by atoms with Gasteiger partial charge < -0.3 is 9.84 Å². The first-order valence-corrected chi connectivity index (χ1v) is 12.9. The number of thioether (sulfide) groups is 1. The summed E-state index contributed by atoms with van der Waals surface area (Å²) in [6.07, 6.45) is 6.43. The Hall–Kier alpha value is -2.28. The molecule has 1 saturated carbocycles. The molecule has 33 heavy (non-hydrogen) atoms. The molecule has 0 saturated heterocycles. The predicted octanol–water partition coefficient (Wildman–Crippen LogP) is 6.50. The number of nitrogens with zero attached hydrogens (tertiary/aromatic N) is 2. The van der Waals surface area contributed by atoms with Crippen LogP contribution in [0.4, 0.5) is 0 Å². The van der Waals surface area contributed by atoms with Crippen molar-refractivity contribution >= 4 is 29.3 Å². The third-order valence-electron chi connectivity index (χ3n) is 6.24. The number of halogens is 1. The Kier molecular flexibility index (Phi) is 8.12.